The van der Waals surface area contributed by atoms with Crippen LogP contribution in [0.2, 0.25) is 0 Å². The van der Waals surface area contributed by atoms with Gasteiger partial charge in [0.15, 0.2) is 0 Å². The van der Waals surface area contributed by atoms with Gasteiger partial charge in [-0.15, -0.1) is 0 Å². The van der Waals surface area contributed by atoms with Gasteiger partial charge >= 0.3 is 73.8 Å². The van der Waals surface area contributed by atoms with Crippen molar-refractivity contribution in [2.45, 2.75) is 0 Å². The summed E-state index contributed by atoms with van der Waals surface area (Å²) in [7, 11) is 0. The van der Waals surface area contributed by atoms with Crippen LogP contribution < -0.4 is 8.38 Å². The zero-order chi connectivity index (χ0) is 9.00. The van der Waals surface area contributed by atoms with Crippen LogP contribution in [0.15, 0.2) is 0 Å². The molecular weight excluding hydrogens is 297 g/mol. The first kappa shape index (κ1) is 17.4. The van der Waals surface area contributed by atoms with E-state index in [4.69, 9.17) is 31.4 Å². The molecule has 0 saturated carbocycles. The van der Waals surface area contributed by atoms with Crippen LogP contribution in [0, 0.1) is 0 Å². The van der Waals surface area contributed by atoms with Crippen LogP contribution in [0.25, 0.3) is 0 Å². The predicted octanol–water partition coefficient (Wildman–Crippen LogP) is -3.10. The van der Waals surface area contributed by atoms with Gasteiger partial charge in [0.2, 0.25) is 0 Å². The molecule has 0 saturated heterocycles. The van der Waals surface area contributed by atoms with Gasteiger partial charge in [-0.05, 0) is 0 Å². The van der Waals surface area contributed by atoms with E-state index < -0.39 is 25.9 Å². The Hall–Kier alpha value is 0.252. The molecule has 0 spiro atoms. The molecule has 0 bridgehead atoms. The summed E-state index contributed by atoms with van der Waals surface area (Å²) in [5, 5.41) is 0. The SMILES string of the molecule is [Ni+2].[O]=[Mn](=[O])(=[O])[O-].[O]=[Mn](=[O])(=[O])[O-]. The summed E-state index contributed by atoms with van der Waals surface area (Å²) in [6.07, 6.45) is 0. The Kier molecular flexibility index (Phi) is 9.23. The maximum atomic E-state index is 8.58. The number of rotatable bonds is 0. The number of hydrogen-bond donors (Lipinski definition) is 0. The average molecular weight is 297 g/mol. The van der Waals surface area contributed by atoms with Gasteiger partial charge in [0.25, 0.3) is 0 Å². The first-order valence-corrected chi connectivity index (χ1v) is 5.09. The van der Waals surface area contributed by atoms with Crippen molar-refractivity contribution in [3.63, 3.8) is 0 Å². The molecule has 11 heavy (non-hydrogen) atoms. The van der Waals surface area contributed by atoms with Crippen LogP contribution in [0.3, 0.4) is 0 Å². The van der Waals surface area contributed by atoms with E-state index in [0.29, 0.717) is 0 Å². The third-order valence-electron chi connectivity index (χ3n) is 0. The van der Waals surface area contributed by atoms with Crippen molar-refractivity contribution in [3.05, 3.63) is 0 Å². The summed E-state index contributed by atoms with van der Waals surface area (Å²) in [6.45, 7) is 0. The fourth-order valence-electron chi connectivity index (χ4n) is 0. The number of hydrogen-bond acceptors (Lipinski definition) is 8. The van der Waals surface area contributed by atoms with E-state index in [1.807, 2.05) is 0 Å². The van der Waals surface area contributed by atoms with Crippen LogP contribution in [0.4, 0.5) is 0 Å². The van der Waals surface area contributed by atoms with Gasteiger partial charge in [-0.25, -0.2) is 0 Å². The molecule has 0 unspecified atom stereocenters. The minimum absolute atomic E-state index is 0. The molecule has 0 aromatic carbocycles. The van der Waals surface area contributed by atoms with Gasteiger partial charge < -0.3 is 0 Å². The fourth-order valence-corrected chi connectivity index (χ4v) is 0. The summed E-state index contributed by atoms with van der Waals surface area (Å²) in [5.41, 5.74) is 0. The zero-order valence-electron chi connectivity index (χ0n) is 4.34. The Balaban J connectivity index is -0.000000107. The molecule has 0 aliphatic carbocycles. The molecule has 11 heteroatoms. The molecule has 0 atom stereocenters. The molecular formula is Mn2NiO8. The van der Waals surface area contributed by atoms with Crippen LogP contribution in [-0.4, -0.2) is 0 Å². The second-order valence-corrected chi connectivity index (χ2v) is 3.12. The van der Waals surface area contributed by atoms with Gasteiger partial charge in [-0.2, -0.15) is 0 Å². The van der Waals surface area contributed by atoms with Gasteiger partial charge in [0.1, 0.15) is 0 Å². The normalized spacial score (nSPS) is 10.4. The van der Waals surface area contributed by atoms with Crippen molar-refractivity contribution in [3.8, 4) is 0 Å². The molecule has 0 radical (unpaired) electrons. The van der Waals surface area contributed by atoms with Crippen molar-refractivity contribution in [2.75, 3.05) is 0 Å². The van der Waals surface area contributed by atoms with E-state index in [1.54, 1.807) is 0 Å². The molecule has 0 aromatic heterocycles. The Morgan fingerprint density at radius 3 is 0.636 bits per heavy atom. The summed E-state index contributed by atoms with van der Waals surface area (Å²) in [6, 6.07) is 0. The van der Waals surface area contributed by atoms with Crippen LogP contribution in [0.5, 0.6) is 0 Å². The fraction of sp³-hybridized carbons (Fsp3) is 0. The summed E-state index contributed by atoms with van der Waals surface area (Å²) >= 11 is -11.2. The molecule has 0 aliphatic rings. The topological polar surface area (TPSA) is 149 Å². The summed E-state index contributed by atoms with van der Waals surface area (Å²) in [5.74, 6) is 0. The first-order chi connectivity index (χ1) is 4.00. The van der Waals surface area contributed by atoms with Gasteiger partial charge in [-0.3, -0.25) is 0 Å². The van der Waals surface area contributed by atoms with Gasteiger partial charge in [0, 0.05) is 0 Å². The predicted molar refractivity (Wildman–Crippen MR) is 4.12 cm³/mol. The molecule has 8 nitrogen and oxygen atoms in total. The van der Waals surface area contributed by atoms with E-state index in [-0.39, 0.29) is 16.5 Å². The summed E-state index contributed by atoms with van der Waals surface area (Å²) in [4.78, 5) is 0. The van der Waals surface area contributed by atoms with E-state index in [2.05, 4.69) is 0 Å². The van der Waals surface area contributed by atoms with E-state index in [0.717, 1.165) is 0 Å². The molecule has 0 rings (SSSR count). The quantitative estimate of drug-likeness (QED) is 0.427. The standard InChI is InChI=1S/2Mn.Ni.8O/q;;+2;;;;;;;2*-1. The monoisotopic (exact) mass is 296 g/mol. The van der Waals surface area contributed by atoms with Crippen LogP contribution >= 0.6 is 0 Å². The van der Waals surface area contributed by atoms with Crippen molar-refractivity contribution >= 4 is 0 Å². The molecule has 0 heterocycles. The summed E-state index contributed by atoms with van der Waals surface area (Å²) < 4.78 is 68.6. The Morgan fingerprint density at radius 1 is 0.636 bits per heavy atom. The van der Waals surface area contributed by atoms with Gasteiger partial charge in [-0.1, -0.05) is 0 Å². The average Bonchev–Trinajstić information content (AvgIpc) is 1.12. The van der Waals surface area contributed by atoms with Crippen molar-refractivity contribution in [1.82, 2.24) is 0 Å². The molecule has 72 valence electrons. The molecule has 0 fully saturated rings. The van der Waals surface area contributed by atoms with E-state index in [1.165, 1.54) is 0 Å². The minimum atomic E-state index is -5.62. The third-order valence-corrected chi connectivity index (χ3v) is 0. The van der Waals surface area contributed by atoms with Crippen molar-refractivity contribution < 1.29 is 73.8 Å². The third kappa shape index (κ3) is 11000. The molecule has 0 aliphatic heterocycles. The van der Waals surface area contributed by atoms with Crippen LogP contribution in [0.1, 0.15) is 0 Å². The second kappa shape index (κ2) is 5.85. The molecule has 0 amide bonds. The van der Waals surface area contributed by atoms with Crippen LogP contribution in [-0.2, 0) is 65.4 Å². The first-order valence-electron chi connectivity index (χ1n) is 1.23. The Labute approximate surface area is 73.8 Å². The van der Waals surface area contributed by atoms with Gasteiger partial charge in [0.05, 0.1) is 0 Å². The van der Waals surface area contributed by atoms with Crippen molar-refractivity contribution in [2.24, 2.45) is 0 Å². The molecule has 0 aromatic rings. The zero-order valence-corrected chi connectivity index (χ0v) is 7.69. The molecule has 0 N–H and O–H groups in total. The van der Waals surface area contributed by atoms with E-state index in [9.17, 15) is 0 Å². The van der Waals surface area contributed by atoms with Crippen molar-refractivity contribution in [1.29, 1.82) is 0 Å². The Morgan fingerprint density at radius 2 is 0.636 bits per heavy atom. The van der Waals surface area contributed by atoms with E-state index >= 15 is 0 Å². The second-order valence-electron chi connectivity index (χ2n) is 0.756. The Bertz CT molecular complexity index is 296. The maximum absolute atomic E-state index is 8.58.